The molecule has 0 radical (unpaired) electrons. The third-order valence-electron chi connectivity index (χ3n) is 4.74. The van der Waals surface area contributed by atoms with Crippen LogP contribution in [-0.2, 0) is 14.3 Å². The zero-order valence-electron chi connectivity index (χ0n) is 14.6. The van der Waals surface area contributed by atoms with Gasteiger partial charge in [-0.05, 0) is 44.1 Å². The number of aliphatic hydroxyl groups is 1. The standard InChI is InChI=1S/C19H32O4/c1-3-4-5-8-16(20)13-11-15-12-14-18(21)17(15)9-6-7-10-19(22)23-2/h12,14-17,20H,3-11,13H2,1-2H3. The van der Waals surface area contributed by atoms with Crippen molar-refractivity contribution >= 4 is 11.8 Å². The monoisotopic (exact) mass is 324 g/mol. The van der Waals surface area contributed by atoms with E-state index < -0.39 is 0 Å². The van der Waals surface area contributed by atoms with Crippen LogP contribution < -0.4 is 0 Å². The van der Waals surface area contributed by atoms with Crippen LogP contribution in [0.5, 0.6) is 0 Å². The van der Waals surface area contributed by atoms with E-state index in [1.807, 2.05) is 6.08 Å². The minimum atomic E-state index is -0.245. The van der Waals surface area contributed by atoms with Gasteiger partial charge in [0.2, 0.25) is 0 Å². The number of allylic oxidation sites excluding steroid dienone is 2. The summed E-state index contributed by atoms with van der Waals surface area (Å²) in [5, 5.41) is 10.0. The van der Waals surface area contributed by atoms with Crippen molar-refractivity contribution in [1.82, 2.24) is 0 Å². The molecule has 1 aliphatic carbocycles. The number of esters is 1. The Morgan fingerprint density at radius 3 is 2.70 bits per heavy atom. The number of aliphatic hydroxyl groups excluding tert-OH is 1. The van der Waals surface area contributed by atoms with Crippen molar-refractivity contribution in [2.24, 2.45) is 11.8 Å². The Morgan fingerprint density at radius 2 is 2.00 bits per heavy atom. The van der Waals surface area contributed by atoms with Gasteiger partial charge in [-0.2, -0.15) is 0 Å². The molecule has 0 heterocycles. The number of carbonyl (C=O) groups is 2. The third kappa shape index (κ3) is 7.78. The molecule has 0 aromatic heterocycles. The summed E-state index contributed by atoms with van der Waals surface area (Å²) in [6.45, 7) is 2.16. The predicted molar refractivity (Wildman–Crippen MR) is 91.0 cm³/mol. The van der Waals surface area contributed by atoms with Gasteiger partial charge >= 0.3 is 5.97 Å². The summed E-state index contributed by atoms with van der Waals surface area (Å²) in [4.78, 5) is 23.1. The van der Waals surface area contributed by atoms with Crippen molar-refractivity contribution in [2.75, 3.05) is 7.11 Å². The van der Waals surface area contributed by atoms with Gasteiger partial charge in [-0.1, -0.05) is 38.7 Å². The molecule has 3 unspecified atom stereocenters. The van der Waals surface area contributed by atoms with Gasteiger partial charge < -0.3 is 9.84 Å². The molecule has 0 saturated carbocycles. The zero-order valence-corrected chi connectivity index (χ0v) is 14.6. The maximum atomic E-state index is 12.0. The normalized spacial score (nSPS) is 21.6. The minimum Gasteiger partial charge on any atom is -0.469 e. The zero-order chi connectivity index (χ0) is 17.1. The number of hydrogen-bond acceptors (Lipinski definition) is 4. The molecule has 4 nitrogen and oxygen atoms in total. The van der Waals surface area contributed by atoms with Crippen LogP contribution in [-0.4, -0.2) is 30.1 Å². The Kier molecular flexibility index (Phi) is 9.85. The number of ketones is 1. The Bertz CT molecular complexity index is 389. The molecule has 0 bridgehead atoms. The van der Waals surface area contributed by atoms with Gasteiger partial charge in [0.05, 0.1) is 13.2 Å². The molecule has 3 atom stereocenters. The minimum absolute atomic E-state index is 0.0375. The summed E-state index contributed by atoms with van der Waals surface area (Å²) in [6.07, 6.45) is 12.2. The molecule has 0 aliphatic heterocycles. The quantitative estimate of drug-likeness (QED) is 0.438. The first-order valence-electron chi connectivity index (χ1n) is 9.05. The largest absolute Gasteiger partial charge is 0.469 e. The molecule has 23 heavy (non-hydrogen) atoms. The topological polar surface area (TPSA) is 63.6 Å². The first-order valence-corrected chi connectivity index (χ1v) is 9.05. The SMILES string of the molecule is CCCCCC(O)CCC1C=CC(=O)C1CCCCC(=O)OC. The lowest BCUT2D eigenvalue weighted by Gasteiger charge is -2.19. The first kappa shape index (κ1) is 19.9. The molecule has 1 aliphatic rings. The lowest BCUT2D eigenvalue weighted by atomic mass is 9.85. The summed E-state index contributed by atoms with van der Waals surface area (Å²) >= 11 is 0. The van der Waals surface area contributed by atoms with Gasteiger partial charge in [0.15, 0.2) is 5.78 Å². The fraction of sp³-hybridized carbons (Fsp3) is 0.789. The number of carbonyl (C=O) groups excluding carboxylic acids is 2. The fourth-order valence-corrected chi connectivity index (χ4v) is 3.24. The van der Waals surface area contributed by atoms with Crippen LogP contribution in [0.2, 0.25) is 0 Å². The lowest BCUT2D eigenvalue weighted by molar-refractivity contribution is -0.140. The molecule has 0 saturated heterocycles. The van der Waals surface area contributed by atoms with Crippen LogP contribution in [0.15, 0.2) is 12.2 Å². The van der Waals surface area contributed by atoms with Crippen molar-refractivity contribution in [3.8, 4) is 0 Å². The molecule has 0 aromatic rings. The highest BCUT2D eigenvalue weighted by molar-refractivity contribution is 5.94. The van der Waals surface area contributed by atoms with Crippen molar-refractivity contribution < 1.29 is 19.4 Å². The number of unbranched alkanes of at least 4 members (excludes halogenated alkanes) is 3. The fourth-order valence-electron chi connectivity index (χ4n) is 3.24. The van der Waals surface area contributed by atoms with Crippen molar-refractivity contribution in [3.05, 3.63) is 12.2 Å². The smallest absolute Gasteiger partial charge is 0.305 e. The summed E-state index contributed by atoms with van der Waals surface area (Å²) < 4.78 is 4.62. The summed E-state index contributed by atoms with van der Waals surface area (Å²) in [6, 6.07) is 0. The van der Waals surface area contributed by atoms with Gasteiger partial charge in [-0.25, -0.2) is 0 Å². The Hall–Kier alpha value is -1.16. The van der Waals surface area contributed by atoms with Crippen LogP contribution in [0.4, 0.5) is 0 Å². The molecule has 0 amide bonds. The number of ether oxygens (including phenoxy) is 1. The van der Waals surface area contributed by atoms with E-state index in [1.54, 1.807) is 6.08 Å². The van der Waals surface area contributed by atoms with Gasteiger partial charge in [0, 0.05) is 12.3 Å². The maximum absolute atomic E-state index is 12.0. The highest BCUT2D eigenvalue weighted by Crippen LogP contribution is 2.31. The Labute approximate surface area is 140 Å². The molecule has 132 valence electrons. The number of hydrogen-bond donors (Lipinski definition) is 1. The van der Waals surface area contributed by atoms with E-state index in [4.69, 9.17) is 0 Å². The summed E-state index contributed by atoms with van der Waals surface area (Å²) in [7, 11) is 1.40. The third-order valence-corrected chi connectivity index (χ3v) is 4.74. The van der Waals surface area contributed by atoms with Crippen molar-refractivity contribution in [2.45, 2.75) is 77.2 Å². The molecule has 0 aromatic carbocycles. The van der Waals surface area contributed by atoms with E-state index in [9.17, 15) is 14.7 Å². The second-order valence-corrected chi connectivity index (χ2v) is 6.58. The maximum Gasteiger partial charge on any atom is 0.305 e. The van der Waals surface area contributed by atoms with E-state index in [-0.39, 0.29) is 29.7 Å². The summed E-state index contributed by atoms with van der Waals surface area (Å²) in [5.74, 6) is 0.304. The van der Waals surface area contributed by atoms with Crippen molar-refractivity contribution in [1.29, 1.82) is 0 Å². The Morgan fingerprint density at radius 1 is 1.22 bits per heavy atom. The predicted octanol–water partition coefficient (Wildman–Crippen LogP) is 3.81. The van der Waals surface area contributed by atoms with Crippen LogP contribution >= 0.6 is 0 Å². The van der Waals surface area contributed by atoms with Gasteiger partial charge in [-0.3, -0.25) is 9.59 Å². The van der Waals surface area contributed by atoms with E-state index in [1.165, 1.54) is 20.0 Å². The molecule has 1 N–H and O–H groups in total. The van der Waals surface area contributed by atoms with Gasteiger partial charge in [0.1, 0.15) is 0 Å². The molecule has 0 fully saturated rings. The average molecular weight is 324 g/mol. The Balaban J connectivity index is 2.26. The van der Waals surface area contributed by atoms with Crippen LogP contribution in [0, 0.1) is 11.8 Å². The van der Waals surface area contributed by atoms with Gasteiger partial charge in [0.25, 0.3) is 0 Å². The molecule has 1 rings (SSSR count). The number of methoxy groups -OCH3 is 1. The van der Waals surface area contributed by atoms with Crippen molar-refractivity contribution in [3.63, 3.8) is 0 Å². The van der Waals surface area contributed by atoms with E-state index in [0.717, 1.165) is 44.9 Å². The van der Waals surface area contributed by atoms with Crippen LogP contribution in [0.25, 0.3) is 0 Å². The molecule has 4 heteroatoms. The average Bonchev–Trinajstić information content (AvgIpc) is 2.89. The second kappa shape index (κ2) is 11.4. The van der Waals surface area contributed by atoms with E-state index >= 15 is 0 Å². The lowest BCUT2D eigenvalue weighted by Crippen LogP contribution is -2.18. The highest BCUT2D eigenvalue weighted by Gasteiger charge is 2.29. The number of rotatable bonds is 12. The second-order valence-electron chi connectivity index (χ2n) is 6.58. The van der Waals surface area contributed by atoms with E-state index in [0.29, 0.717) is 6.42 Å². The highest BCUT2D eigenvalue weighted by atomic mass is 16.5. The summed E-state index contributed by atoms with van der Waals surface area (Å²) in [5.41, 5.74) is 0. The van der Waals surface area contributed by atoms with Crippen LogP contribution in [0.1, 0.15) is 71.1 Å². The molecular weight excluding hydrogens is 292 g/mol. The van der Waals surface area contributed by atoms with Gasteiger partial charge in [-0.15, -0.1) is 0 Å². The van der Waals surface area contributed by atoms with E-state index in [2.05, 4.69) is 11.7 Å². The molecule has 0 spiro atoms. The van der Waals surface area contributed by atoms with Crippen LogP contribution in [0.3, 0.4) is 0 Å². The first-order chi connectivity index (χ1) is 11.1. The molecular formula is C19H32O4.